The van der Waals surface area contributed by atoms with Crippen LogP contribution in [0.5, 0.6) is 0 Å². The summed E-state index contributed by atoms with van der Waals surface area (Å²) in [4.78, 5) is 28.5. The molecule has 0 aliphatic heterocycles. The first-order valence-corrected chi connectivity index (χ1v) is 13.4. The fourth-order valence-electron chi connectivity index (χ4n) is 7.69. The van der Waals surface area contributed by atoms with Crippen LogP contribution < -0.4 is 5.32 Å². The molecule has 0 aromatic heterocycles. The molecule has 3 N–H and O–H groups in total. The maximum atomic E-state index is 12.2. The van der Waals surface area contributed by atoms with Gasteiger partial charge in [-0.15, -0.1) is 0 Å². The lowest BCUT2D eigenvalue weighted by atomic mass is 9.47. The van der Waals surface area contributed by atoms with Crippen LogP contribution in [0.25, 0.3) is 0 Å². The number of aromatic carboxylic acids is 1. The average molecular weight is 507 g/mol. The topological polar surface area (TPSA) is 108 Å². The Kier molecular flexibility index (Phi) is 6.55. The number of carbonyl (C=O) groups excluding carboxylic acids is 1. The smallest absolute Gasteiger partial charge is 0.335 e. The number of hydrogen-bond acceptors (Lipinski definition) is 5. The summed E-state index contributed by atoms with van der Waals surface area (Å²) >= 11 is 0. The van der Waals surface area contributed by atoms with Crippen molar-refractivity contribution in [1.29, 1.82) is 0 Å². The molecule has 198 valence electrons. The molecular weight excluding hydrogens is 468 g/mol. The van der Waals surface area contributed by atoms with E-state index in [1.165, 1.54) is 17.7 Å². The van der Waals surface area contributed by atoms with Crippen molar-refractivity contribution in [2.75, 3.05) is 6.61 Å². The molecule has 0 heterocycles. The summed E-state index contributed by atoms with van der Waals surface area (Å²) in [6.45, 7) is 6.83. The van der Waals surface area contributed by atoms with Gasteiger partial charge in [0.25, 0.3) is 5.91 Å². The van der Waals surface area contributed by atoms with Crippen LogP contribution in [0.2, 0.25) is 0 Å². The molecule has 1 amide bonds. The molecule has 6 atom stereocenters. The first kappa shape index (κ1) is 25.7. The Labute approximate surface area is 218 Å². The van der Waals surface area contributed by atoms with E-state index in [1.807, 2.05) is 13.0 Å². The minimum absolute atomic E-state index is 0.00523. The molecule has 3 saturated carbocycles. The van der Waals surface area contributed by atoms with Crippen molar-refractivity contribution in [1.82, 2.24) is 5.32 Å². The van der Waals surface area contributed by atoms with E-state index in [0.717, 1.165) is 49.8 Å². The van der Waals surface area contributed by atoms with Gasteiger partial charge in [-0.1, -0.05) is 42.8 Å². The Morgan fingerprint density at radius 2 is 1.81 bits per heavy atom. The summed E-state index contributed by atoms with van der Waals surface area (Å²) in [6.07, 6.45) is 12.9. The van der Waals surface area contributed by atoms with Gasteiger partial charge in [-0.25, -0.2) is 4.79 Å². The Bertz CT molecular complexity index is 1170. The molecule has 3 fully saturated rings. The third-order valence-electron chi connectivity index (χ3n) is 10.2. The van der Waals surface area contributed by atoms with E-state index in [-0.39, 0.29) is 28.9 Å². The molecule has 5 rings (SSSR count). The number of carboxylic acid groups (broad SMARTS) is 1. The van der Waals surface area contributed by atoms with Crippen LogP contribution in [-0.4, -0.2) is 40.0 Å². The number of hydrogen-bond donors (Lipinski definition) is 3. The highest BCUT2D eigenvalue weighted by molar-refractivity contribution is 6.05. The summed E-state index contributed by atoms with van der Waals surface area (Å²) in [6, 6.07) is 6.38. The van der Waals surface area contributed by atoms with Crippen molar-refractivity contribution in [3.63, 3.8) is 0 Å². The first-order valence-electron chi connectivity index (χ1n) is 13.4. The van der Waals surface area contributed by atoms with Gasteiger partial charge in [0, 0.05) is 12.0 Å². The highest BCUT2D eigenvalue weighted by atomic mass is 16.6. The van der Waals surface area contributed by atoms with E-state index in [9.17, 15) is 14.7 Å². The quantitative estimate of drug-likeness (QED) is 0.478. The maximum absolute atomic E-state index is 12.2. The molecule has 0 spiro atoms. The fourth-order valence-corrected chi connectivity index (χ4v) is 7.69. The molecule has 7 nitrogen and oxygen atoms in total. The number of benzene rings is 1. The van der Waals surface area contributed by atoms with E-state index < -0.39 is 11.6 Å². The van der Waals surface area contributed by atoms with E-state index in [1.54, 1.807) is 12.1 Å². The second-order valence-corrected chi connectivity index (χ2v) is 12.0. The van der Waals surface area contributed by atoms with E-state index >= 15 is 0 Å². The number of oxime groups is 1. The number of nitrogens with zero attached hydrogens (tertiary/aromatic N) is 1. The minimum atomic E-state index is -0.979. The number of fused-ring (bicyclic) bond motifs is 5. The Morgan fingerprint density at radius 3 is 2.54 bits per heavy atom. The highest BCUT2D eigenvalue weighted by Gasteiger charge is 2.61. The van der Waals surface area contributed by atoms with Gasteiger partial charge in [0.2, 0.25) is 0 Å². The molecule has 0 bridgehead atoms. The molecule has 0 radical (unpaired) electrons. The summed E-state index contributed by atoms with van der Waals surface area (Å²) in [5.74, 6) is 0.530. The zero-order chi connectivity index (χ0) is 26.4. The molecule has 4 aliphatic carbocycles. The van der Waals surface area contributed by atoms with Gasteiger partial charge in [-0.2, -0.15) is 0 Å². The normalized spacial score (nSPS) is 37.2. The number of rotatable bonds is 6. The second kappa shape index (κ2) is 9.43. The fraction of sp³-hybridized carbons (Fsp3) is 0.567. The lowest BCUT2D eigenvalue weighted by molar-refractivity contribution is -0.125. The lowest BCUT2D eigenvalue weighted by Gasteiger charge is -2.58. The van der Waals surface area contributed by atoms with Gasteiger partial charge >= 0.3 is 5.97 Å². The predicted molar refractivity (Wildman–Crippen MR) is 141 cm³/mol. The lowest BCUT2D eigenvalue weighted by Crippen LogP contribution is -2.53. The van der Waals surface area contributed by atoms with Crippen LogP contribution in [0.1, 0.15) is 75.2 Å². The molecule has 7 heteroatoms. The van der Waals surface area contributed by atoms with Crippen LogP contribution in [0.15, 0.2) is 53.2 Å². The average Bonchev–Trinajstić information content (AvgIpc) is 3.11. The van der Waals surface area contributed by atoms with Gasteiger partial charge in [-0.05, 0) is 98.5 Å². The van der Waals surface area contributed by atoms with Crippen LogP contribution in [0.3, 0.4) is 0 Å². The Hall–Kier alpha value is -2.93. The van der Waals surface area contributed by atoms with E-state index in [4.69, 9.17) is 9.94 Å². The number of aliphatic hydroxyl groups is 1. The molecule has 1 aromatic rings. The Balaban J connectivity index is 1.17. The van der Waals surface area contributed by atoms with Gasteiger partial charge in [0.05, 0.1) is 11.2 Å². The monoisotopic (exact) mass is 506 g/mol. The number of amides is 1. The minimum Gasteiger partial charge on any atom is -0.478 e. The molecule has 0 unspecified atom stereocenters. The van der Waals surface area contributed by atoms with Crippen molar-refractivity contribution in [2.45, 2.75) is 71.4 Å². The first-order chi connectivity index (χ1) is 17.5. The summed E-state index contributed by atoms with van der Waals surface area (Å²) in [5.41, 5.74) is 2.61. The van der Waals surface area contributed by atoms with Crippen molar-refractivity contribution in [2.24, 2.45) is 33.7 Å². The molecule has 37 heavy (non-hydrogen) atoms. The number of nitrogens with one attached hydrogen (secondary N) is 1. The Morgan fingerprint density at radius 1 is 1.08 bits per heavy atom. The number of carboxylic acids is 1. The molecule has 4 aliphatic rings. The van der Waals surface area contributed by atoms with Gasteiger partial charge < -0.3 is 20.4 Å². The number of carbonyl (C=O) groups is 2. The second-order valence-electron chi connectivity index (χ2n) is 12.0. The third kappa shape index (κ3) is 4.52. The van der Waals surface area contributed by atoms with Crippen molar-refractivity contribution >= 4 is 17.6 Å². The van der Waals surface area contributed by atoms with Crippen molar-refractivity contribution in [3.8, 4) is 0 Å². The standard InChI is InChI=1S/C30H38N2O5/c1-28-13-10-22(32-37-18-26(33)31-17-19-4-6-20(7-5-19)27(34)35)16-21(28)8-9-23-24(28)11-14-29(2)25(23)12-15-30(29,3)36/h4-7,10,13,16,23-25,36H,8-9,11-12,14-15,17-18H2,1-3H3,(H,31,33)(H,34,35)/t23-,24-,25+,28+,29+,30+/m1/s1. The van der Waals surface area contributed by atoms with Crippen LogP contribution in [0, 0.1) is 28.6 Å². The van der Waals surface area contributed by atoms with Crippen LogP contribution in [-0.2, 0) is 16.2 Å². The zero-order valence-corrected chi connectivity index (χ0v) is 22.0. The SMILES string of the molecule is C[C@]12C=CC(=NOCC(=O)NCc3ccc(C(=O)O)cc3)C=C1CC[C@@H]1[C@H]2CC[C@@]2(C)[C@H]1CC[C@]2(C)O. The predicted octanol–water partition coefficient (Wildman–Crippen LogP) is 4.86. The van der Waals surface area contributed by atoms with E-state index in [0.29, 0.717) is 24.3 Å². The van der Waals surface area contributed by atoms with Crippen LogP contribution in [0.4, 0.5) is 0 Å². The molecular formula is C30H38N2O5. The third-order valence-corrected chi connectivity index (χ3v) is 10.2. The van der Waals surface area contributed by atoms with Gasteiger partial charge in [-0.3, -0.25) is 4.79 Å². The summed E-state index contributed by atoms with van der Waals surface area (Å²) in [7, 11) is 0. The molecule has 1 aromatic carbocycles. The van der Waals surface area contributed by atoms with Crippen molar-refractivity contribution in [3.05, 3.63) is 59.2 Å². The highest BCUT2D eigenvalue weighted by Crippen LogP contribution is 2.66. The van der Waals surface area contributed by atoms with Gasteiger partial charge in [0.1, 0.15) is 5.71 Å². The van der Waals surface area contributed by atoms with E-state index in [2.05, 4.69) is 36.5 Å². The summed E-state index contributed by atoms with van der Waals surface area (Å²) < 4.78 is 0. The summed E-state index contributed by atoms with van der Waals surface area (Å²) in [5, 5.41) is 27.1. The zero-order valence-electron chi connectivity index (χ0n) is 22.0. The van der Waals surface area contributed by atoms with Gasteiger partial charge in [0.15, 0.2) is 6.61 Å². The number of allylic oxidation sites excluding steroid dienone is 4. The van der Waals surface area contributed by atoms with Crippen molar-refractivity contribution < 1.29 is 24.6 Å². The van der Waals surface area contributed by atoms with Crippen LogP contribution >= 0.6 is 0 Å². The largest absolute Gasteiger partial charge is 0.478 e. The maximum Gasteiger partial charge on any atom is 0.335 e. The molecule has 0 saturated heterocycles.